The number of phenols is 1. The summed E-state index contributed by atoms with van der Waals surface area (Å²) in [4.78, 5) is 12.0. The minimum Gasteiger partial charge on any atom is -0.508 e. The number of nitrogens with zero attached hydrogens (tertiary/aromatic N) is 1. The van der Waals surface area contributed by atoms with Crippen molar-refractivity contribution in [3.63, 3.8) is 0 Å². The first-order chi connectivity index (χ1) is 10.4. The summed E-state index contributed by atoms with van der Waals surface area (Å²) in [5, 5.41) is 11.9. The number of carbonyl (C=O) groups excluding carboxylic acids is 1. The number of aromatic hydroxyl groups is 1. The van der Waals surface area contributed by atoms with Crippen molar-refractivity contribution in [2.75, 3.05) is 18.9 Å². The standard InChI is InChI=1S/C15H16N2O4S/c1-17(22(20,21)14-8-3-2-4-9-14)11-15(19)16-12-6-5-7-13(18)10-12/h2-10,18H,11H2,1H3,(H,16,19). The lowest BCUT2D eigenvalue weighted by Crippen LogP contribution is -2.34. The van der Waals surface area contributed by atoms with Crippen molar-refractivity contribution in [3.8, 4) is 5.75 Å². The summed E-state index contributed by atoms with van der Waals surface area (Å²) in [6.45, 7) is -0.327. The van der Waals surface area contributed by atoms with E-state index in [1.54, 1.807) is 30.3 Å². The summed E-state index contributed by atoms with van der Waals surface area (Å²) in [6, 6.07) is 13.9. The Balaban J connectivity index is 2.05. The van der Waals surface area contributed by atoms with Crippen LogP contribution >= 0.6 is 0 Å². The molecular weight excluding hydrogens is 304 g/mol. The molecule has 0 radical (unpaired) electrons. The number of hydrogen-bond donors (Lipinski definition) is 2. The van der Waals surface area contributed by atoms with E-state index in [4.69, 9.17) is 0 Å². The summed E-state index contributed by atoms with van der Waals surface area (Å²) in [6.07, 6.45) is 0. The zero-order valence-electron chi connectivity index (χ0n) is 11.9. The zero-order chi connectivity index (χ0) is 16.2. The highest BCUT2D eigenvalue weighted by atomic mass is 32.2. The lowest BCUT2D eigenvalue weighted by atomic mass is 10.3. The molecule has 0 aliphatic carbocycles. The molecule has 0 aliphatic rings. The highest BCUT2D eigenvalue weighted by Crippen LogP contribution is 2.16. The minimum atomic E-state index is -3.71. The van der Waals surface area contributed by atoms with E-state index in [2.05, 4.69) is 5.32 Å². The fourth-order valence-corrected chi connectivity index (χ4v) is 2.99. The Kier molecular flexibility index (Phi) is 4.79. The van der Waals surface area contributed by atoms with Crippen molar-refractivity contribution in [3.05, 3.63) is 54.6 Å². The van der Waals surface area contributed by atoms with Gasteiger partial charge in [-0.3, -0.25) is 4.79 Å². The average molecular weight is 320 g/mol. The van der Waals surface area contributed by atoms with E-state index in [0.717, 1.165) is 4.31 Å². The SMILES string of the molecule is CN(CC(=O)Nc1cccc(O)c1)S(=O)(=O)c1ccccc1. The van der Waals surface area contributed by atoms with Crippen molar-refractivity contribution in [1.82, 2.24) is 4.31 Å². The van der Waals surface area contributed by atoms with Gasteiger partial charge in [0.1, 0.15) is 5.75 Å². The molecule has 0 aromatic heterocycles. The Labute approximate surface area is 129 Å². The van der Waals surface area contributed by atoms with Crippen LogP contribution in [0.5, 0.6) is 5.75 Å². The van der Waals surface area contributed by atoms with E-state index in [0.29, 0.717) is 5.69 Å². The maximum atomic E-state index is 12.3. The topological polar surface area (TPSA) is 86.7 Å². The predicted molar refractivity (Wildman–Crippen MR) is 83.0 cm³/mol. The second-order valence-corrected chi connectivity index (χ2v) is 6.72. The van der Waals surface area contributed by atoms with Crippen molar-refractivity contribution in [1.29, 1.82) is 0 Å². The summed E-state index contributed by atoms with van der Waals surface area (Å²) in [5.74, 6) is -0.476. The Bertz CT molecular complexity index is 760. The molecule has 0 saturated carbocycles. The maximum Gasteiger partial charge on any atom is 0.243 e. The van der Waals surface area contributed by atoms with Gasteiger partial charge < -0.3 is 10.4 Å². The molecule has 0 spiro atoms. The molecule has 2 aromatic carbocycles. The number of carbonyl (C=O) groups is 1. The van der Waals surface area contributed by atoms with Gasteiger partial charge in [0.05, 0.1) is 11.4 Å². The lowest BCUT2D eigenvalue weighted by molar-refractivity contribution is -0.116. The normalized spacial score (nSPS) is 11.4. The van der Waals surface area contributed by atoms with Gasteiger partial charge in [0.2, 0.25) is 15.9 Å². The predicted octanol–water partition coefficient (Wildman–Crippen LogP) is 1.65. The fourth-order valence-electron chi connectivity index (χ4n) is 1.84. The number of nitrogens with one attached hydrogen (secondary N) is 1. The third kappa shape index (κ3) is 3.84. The quantitative estimate of drug-likeness (QED) is 0.877. The molecule has 0 fully saturated rings. The second kappa shape index (κ2) is 6.59. The van der Waals surface area contributed by atoms with E-state index in [1.807, 2.05) is 0 Å². The summed E-state index contributed by atoms with van der Waals surface area (Å²) < 4.78 is 25.5. The Hall–Kier alpha value is -2.38. The first kappa shape index (κ1) is 16.0. The van der Waals surface area contributed by atoms with Crippen LogP contribution < -0.4 is 5.32 Å². The van der Waals surface area contributed by atoms with Crippen molar-refractivity contribution < 1.29 is 18.3 Å². The molecule has 6 nitrogen and oxygen atoms in total. The first-order valence-electron chi connectivity index (χ1n) is 6.50. The Morgan fingerprint density at radius 2 is 1.82 bits per heavy atom. The van der Waals surface area contributed by atoms with Gasteiger partial charge in [-0.05, 0) is 24.3 Å². The third-order valence-electron chi connectivity index (χ3n) is 2.95. The van der Waals surface area contributed by atoms with Crippen LogP contribution in [0.3, 0.4) is 0 Å². The van der Waals surface area contributed by atoms with Gasteiger partial charge in [0, 0.05) is 18.8 Å². The number of hydrogen-bond acceptors (Lipinski definition) is 4. The van der Waals surface area contributed by atoms with Gasteiger partial charge in [-0.15, -0.1) is 0 Å². The highest BCUT2D eigenvalue weighted by molar-refractivity contribution is 7.89. The lowest BCUT2D eigenvalue weighted by Gasteiger charge is -2.16. The molecule has 22 heavy (non-hydrogen) atoms. The number of rotatable bonds is 5. The molecular formula is C15H16N2O4S. The van der Waals surface area contributed by atoms with Crippen LogP contribution in [0.25, 0.3) is 0 Å². The largest absolute Gasteiger partial charge is 0.508 e. The zero-order valence-corrected chi connectivity index (χ0v) is 12.7. The number of sulfonamides is 1. The second-order valence-electron chi connectivity index (χ2n) is 4.67. The molecule has 0 saturated heterocycles. The van der Waals surface area contributed by atoms with E-state index in [-0.39, 0.29) is 17.2 Å². The number of phenolic OH excluding ortho intramolecular Hbond substituents is 1. The number of likely N-dealkylation sites (N-methyl/N-ethyl adjacent to an activating group) is 1. The minimum absolute atomic E-state index is 0.0167. The van der Waals surface area contributed by atoms with Crippen molar-refractivity contribution in [2.24, 2.45) is 0 Å². The average Bonchev–Trinajstić information content (AvgIpc) is 2.48. The molecule has 0 bridgehead atoms. The van der Waals surface area contributed by atoms with Crippen molar-refractivity contribution >= 4 is 21.6 Å². The molecule has 116 valence electrons. The summed E-state index contributed by atoms with van der Waals surface area (Å²) in [5.41, 5.74) is 0.399. The molecule has 2 aromatic rings. The van der Waals surface area contributed by atoms with E-state index < -0.39 is 15.9 Å². The Morgan fingerprint density at radius 1 is 1.14 bits per heavy atom. The van der Waals surface area contributed by atoms with Gasteiger partial charge in [0.25, 0.3) is 0 Å². The number of amides is 1. The van der Waals surface area contributed by atoms with Crippen LogP contribution in [0.4, 0.5) is 5.69 Å². The van der Waals surface area contributed by atoms with Crippen LogP contribution in [0.15, 0.2) is 59.5 Å². The molecule has 0 unspecified atom stereocenters. The molecule has 2 N–H and O–H groups in total. The molecule has 7 heteroatoms. The number of benzene rings is 2. The van der Waals surface area contributed by atoms with Crippen LogP contribution in [0, 0.1) is 0 Å². The third-order valence-corrected chi connectivity index (χ3v) is 4.77. The van der Waals surface area contributed by atoms with Gasteiger partial charge >= 0.3 is 0 Å². The van der Waals surface area contributed by atoms with Crippen LogP contribution in [-0.2, 0) is 14.8 Å². The molecule has 0 aliphatic heterocycles. The Morgan fingerprint density at radius 3 is 2.45 bits per heavy atom. The van der Waals surface area contributed by atoms with Gasteiger partial charge in [-0.2, -0.15) is 4.31 Å². The van der Waals surface area contributed by atoms with E-state index in [9.17, 15) is 18.3 Å². The van der Waals surface area contributed by atoms with E-state index in [1.165, 1.54) is 31.3 Å². The smallest absolute Gasteiger partial charge is 0.243 e. The molecule has 1 amide bonds. The monoisotopic (exact) mass is 320 g/mol. The van der Waals surface area contributed by atoms with E-state index >= 15 is 0 Å². The molecule has 0 heterocycles. The maximum absolute atomic E-state index is 12.3. The number of anilines is 1. The fraction of sp³-hybridized carbons (Fsp3) is 0.133. The van der Waals surface area contributed by atoms with Gasteiger partial charge in [0.15, 0.2) is 0 Å². The van der Waals surface area contributed by atoms with Gasteiger partial charge in [-0.1, -0.05) is 24.3 Å². The van der Waals surface area contributed by atoms with Crippen LogP contribution in [0.2, 0.25) is 0 Å². The highest BCUT2D eigenvalue weighted by Gasteiger charge is 2.22. The van der Waals surface area contributed by atoms with Crippen LogP contribution in [-0.4, -0.2) is 37.3 Å². The first-order valence-corrected chi connectivity index (χ1v) is 7.94. The molecule has 2 rings (SSSR count). The summed E-state index contributed by atoms with van der Waals surface area (Å²) >= 11 is 0. The van der Waals surface area contributed by atoms with Crippen molar-refractivity contribution in [2.45, 2.75) is 4.90 Å². The van der Waals surface area contributed by atoms with Crippen LogP contribution in [0.1, 0.15) is 0 Å². The summed E-state index contributed by atoms with van der Waals surface area (Å²) in [7, 11) is -2.37. The molecule has 0 atom stereocenters. The van der Waals surface area contributed by atoms with Gasteiger partial charge in [-0.25, -0.2) is 8.42 Å².